The Kier molecular flexibility index (Phi) is 3.82. The van der Waals surface area contributed by atoms with Gasteiger partial charge < -0.3 is 5.73 Å². The molecular weight excluding hydrogens is 222 g/mol. The van der Waals surface area contributed by atoms with Gasteiger partial charge in [-0.3, -0.25) is 5.10 Å². The molecule has 0 amide bonds. The lowest BCUT2D eigenvalue weighted by atomic mass is 9.99. The largest absolute Gasteiger partial charge is 0.330 e. The highest BCUT2D eigenvalue weighted by Gasteiger charge is 2.10. The van der Waals surface area contributed by atoms with Gasteiger partial charge in [0.25, 0.3) is 0 Å². The molecule has 0 saturated carbocycles. The van der Waals surface area contributed by atoms with Crippen LogP contribution in [0.2, 0.25) is 0 Å². The van der Waals surface area contributed by atoms with Gasteiger partial charge in [0.05, 0.1) is 5.69 Å². The molecule has 0 spiro atoms. The first-order valence-corrected chi connectivity index (χ1v) is 6.47. The van der Waals surface area contributed by atoms with E-state index in [0.717, 1.165) is 23.4 Å². The summed E-state index contributed by atoms with van der Waals surface area (Å²) >= 11 is 0. The Labute approximate surface area is 108 Å². The van der Waals surface area contributed by atoms with Crippen molar-refractivity contribution in [2.24, 2.45) is 5.73 Å². The van der Waals surface area contributed by atoms with E-state index in [1.807, 2.05) is 0 Å². The predicted molar refractivity (Wildman–Crippen MR) is 75.6 cm³/mol. The van der Waals surface area contributed by atoms with Gasteiger partial charge in [0.1, 0.15) is 0 Å². The van der Waals surface area contributed by atoms with Crippen LogP contribution in [-0.2, 0) is 6.42 Å². The average molecular weight is 243 g/mol. The van der Waals surface area contributed by atoms with Gasteiger partial charge >= 0.3 is 0 Å². The summed E-state index contributed by atoms with van der Waals surface area (Å²) in [5, 5.41) is 7.48. The summed E-state index contributed by atoms with van der Waals surface area (Å²) in [5.41, 5.74) is 11.5. The zero-order valence-electron chi connectivity index (χ0n) is 11.3. The molecule has 0 atom stereocenters. The molecule has 0 unspecified atom stereocenters. The highest BCUT2D eigenvalue weighted by Crippen LogP contribution is 2.25. The number of aromatic nitrogens is 2. The maximum Gasteiger partial charge on any atom is 0.0952 e. The molecule has 0 saturated heterocycles. The van der Waals surface area contributed by atoms with E-state index < -0.39 is 0 Å². The van der Waals surface area contributed by atoms with Crippen molar-refractivity contribution in [1.29, 1.82) is 0 Å². The molecule has 0 aliphatic rings. The van der Waals surface area contributed by atoms with Gasteiger partial charge in [0.2, 0.25) is 0 Å². The molecule has 1 aromatic carbocycles. The SMILES string of the molecule is Cc1c(-c2ccc(C(C)C)cc2)n[nH]c1CCN. The standard InChI is InChI=1S/C15H21N3/c1-10(2)12-4-6-13(7-5-12)15-11(3)14(8-9-16)17-18-15/h4-7,10H,8-9,16H2,1-3H3,(H,17,18). The van der Waals surface area contributed by atoms with Crippen LogP contribution in [0.3, 0.4) is 0 Å². The minimum Gasteiger partial charge on any atom is -0.330 e. The van der Waals surface area contributed by atoms with Crippen LogP contribution < -0.4 is 5.73 Å². The van der Waals surface area contributed by atoms with E-state index in [-0.39, 0.29) is 0 Å². The number of benzene rings is 1. The van der Waals surface area contributed by atoms with Gasteiger partial charge in [-0.2, -0.15) is 5.10 Å². The van der Waals surface area contributed by atoms with Gasteiger partial charge in [-0.25, -0.2) is 0 Å². The molecule has 18 heavy (non-hydrogen) atoms. The molecule has 1 aromatic heterocycles. The molecule has 0 aliphatic heterocycles. The summed E-state index contributed by atoms with van der Waals surface area (Å²) in [5.74, 6) is 0.562. The Morgan fingerprint density at radius 1 is 1.22 bits per heavy atom. The van der Waals surface area contributed by atoms with Gasteiger partial charge in [0.15, 0.2) is 0 Å². The molecule has 0 bridgehead atoms. The highest BCUT2D eigenvalue weighted by atomic mass is 15.1. The van der Waals surface area contributed by atoms with E-state index in [1.165, 1.54) is 11.1 Å². The number of aromatic amines is 1. The van der Waals surface area contributed by atoms with Crippen molar-refractivity contribution in [2.75, 3.05) is 6.54 Å². The van der Waals surface area contributed by atoms with Crippen molar-refractivity contribution >= 4 is 0 Å². The van der Waals surface area contributed by atoms with Gasteiger partial charge in [0, 0.05) is 17.7 Å². The van der Waals surface area contributed by atoms with Crippen molar-refractivity contribution in [1.82, 2.24) is 10.2 Å². The van der Waals surface area contributed by atoms with Crippen LogP contribution in [0.4, 0.5) is 0 Å². The summed E-state index contributed by atoms with van der Waals surface area (Å²) in [6, 6.07) is 8.64. The Hall–Kier alpha value is -1.61. The highest BCUT2D eigenvalue weighted by molar-refractivity contribution is 5.64. The first-order valence-electron chi connectivity index (χ1n) is 6.47. The van der Waals surface area contributed by atoms with Crippen LogP contribution in [0.25, 0.3) is 11.3 Å². The fourth-order valence-corrected chi connectivity index (χ4v) is 2.13. The van der Waals surface area contributed by atoms with Gasteiger partial charge in [-0.1, -0.05) is 38.1 Å². The normalized spacial score (nSPS) is 11.2. The minimum atomic E-state index is 0.562. The van der Waals surface area contributed by atoms with Crippen LogP contribution in [-0.4, -0.2) is 16.7 Å². The lowest BCUT2D eigenvalue weighted by Crippen LogP contribution is -2.03. The maximum absolute atomic E-state index is 5.58. The first-order chi connectivity index (χ1) is 8.63. The van der Waals surface area contributed by atoms with Crippen LogP contribution in [0.1, 0.15) is 36.6 Å². The summed E-state index contributed by atoms with van der Waals surface area (Å²) in [6.07, 6.45) is 0.850. The van der Waals surface area contributed by atoms with Gasteiger partial charge in [-0.15, -0.1) is 0 Å². The molecular formula is C15H21N3. The molecule has 0 aliphatic carbocycles. The summed E-state index contributed by atoms with van der Waals surface area (Å²) in [6.45, 7) is 7.15. The van der Waals surface area contributed by atoms with Crippen molar-refractivity contribution in [3.8, 4) is 11.3 Å². The van der Waals surface area contributed by atoms with Crippen LogP contribution in [0.15, 0.2) is 24.3 Å². The minimum absolute atomic E-state index is 0.562. The number of H-pyrrole nitrogens is 1. The molecule has 3 N–H and O–H groups in total. The van der Waals surface area contributed by atoms with E-state index >= 15 is 0 Å². The first kappa shape index (κ1) is 12.8. The number of rotatable bonds is 4. The molecule has 2 aromatic rings. The van der Waals surface area contributed by atoms with E-state index in [2.05, 4.69) is 55.2 Å². The smallest absolute Gasteiger partial charge is 0.0952 e. The molecule has 96 valence electrons. The van der Waals surface area contributed by atoms with E-state index in [4.69, 9.17) is 5.73 Å². The molecule has 3 heteroatoms. The molecule has 1 heterocycles. The summed E-state index contributed by atoms with van der Waals surface area (Å²) < 4.78 is 0. The molecule has 3 nitrogen and oxygen atoms in total. The van der Waals surface area contributed by atoms with Crippen LogP contribution in [0, 0.1) is 6.92 Å². The zero-order chi connectivity index (χ0) is 13.1. The Balaban J connectivity index is 2.31. The quantitative estimate of drug-likeness (QED) is 0.867. The second kappa shape index (κ2) is 5.36. The Bertz CT molecular complexity index is 509. The van der Waals surface area contributed by atoms with Crippen molar-refractivity contribution < 1.29 is 0 Å². The lowest BCUT2D eigenvalue weighted by Gasteiger charge is -2.06. The Morgan fingerprint density at radius 2 is 1.89 bits per heavy atom. The predicted octanol–water partition coefficient (Wildman–Crippen LogP) is 3.01. The van der Waals surface area contributed by atoms with E-state index in [0.29, 0.717) is 12.5 Å². The fraction of sp³-hybridized carbons (Fsp3) is 0.400. The molecule has 0 radical (unpaired) electrons. The number of nitrogens with one attached hydrogen (secondary N) is 1. The van der Waals surface area contributed by atoms with Crippen LogP contribution in [0.5, 0.6) is 0 Å². The third-order valence-corrected chi connectivity index (χ3v) is 3.36. The third-order valence-electron chi connectivity index (χ3n) is 3.36. The van der Waals surface area contributed by atoms with E-state index in [1.54, 1.807) is 0 Å². The molecule has 0 fully saturated rings. The summed E-state index contributed by atoms with van der Waals surface area (Å²) in [7, 11) is 0. The second-order valence-corrected chi connectivity index (χ2v) is 4.99. The number of hydrogen-bond acceptors (Lipinski definition) is 2. The topological polar surface area (TPSA) is 54.7 Å². The Morgan fingerprint density at radius 3 is 2.44 bits per heavy atom. The number of nitrogens with two attached hydrogens (primary N) is 1. The zero-order valence-corrected chi connectivity index (χ0v) is 11.3. The third kappa shape index (κ3) is 2.46. The van der Waals surface area contributed by atoms with Crippen molar-refractivity contribution in [2.45, 2.75) is 33.1 Å². The van der Waals surface area contributed by atoms with Crippen molar-refractivity contribution in [3.05, 3.63) is 41.1 Å². The second-order valence-electron chi connectivity index (χ2n) is 4.99. The maximum atomic E-state index is 5.58. The molecule has 2 rings (SSSR count). The van der Waals surface area contributed by atoms with Crippen LogP contribution >= 0.6 is 0 Å². The van der Waals surface area contributed by atoms with Gasteiger partial charge in [-0.05, 0) is 30.5 Å². The van der Waals surface area contributed by atoms with Crippen molar-refractivity contribution in [3.63, 3.8) is 0 Å². The lowest BCUT2D eigenvalue weighted by molar-refractivity contribution is 0.867. The number of nitrogens with zero attached hydrogens (tertiary/aromatic N) is 1. The monoisotopic (exact) mass is 243 g/mol. The fourth-order valence-electron chi connectivity index (χ4n) is 2.13. The summed E-state index contributed by atoms with van der Waals surface area (Å²) in [4.78, 5) is 0. The van der Waals surface area contributed by atoms with E-state index in [9.17, 15) is 0 Å². The number of hydrogen-bond donors (Lipinski definition) is 2. The average Bonchev–Trinajstić information content (AvgIpc) is 2.72.